The van der Waals surface area contributed by atoms with Gasteiger partial charge in [-0.25, -0.2) is 0 Å². The fourth-order valence-electron chi connectivity index (χ4n) is 2.06. The molecule has 0 aliphatic heterocycles. The minimum atomic E-state index is -4.71. The Bertz CT molecular complexity index is 736. The molecule has 0 spiro atoms. The summed E-state index contributed by atoms with van der Waals surface area (Å²) in [5, 5.41) is 9.34. The number of aromatic nitrogens is 4. The van der Waals surface area contributed by atoms with Gasteiger partial charge in [-0.3, -0.25) is 14.2 Å². The Morgan fingerprint density at radius 1 is 1.42 bits per heavy atom. The van der Waals surface area contributed by atoms with Crippen LogP contribution in [0.25, 0.3) is 0 Å². The van der Waals surface area contributed by atoms with Crippen LogP contribution in [0.5, 0.6) is 0 Å². The molecule has 24 heavy (non-hydrogen) atoms. The topological polar surface area (TPSA) is 64.7 Å². The summed E-state index contributed by atoms with van der Waals surface area (Å²) in [7, 11) is 1.24. The molecule has 0 bridgehead atoms. The smallest absolute Gasteiger partial charge is 0.351 e. The lowest BCUT2D eigenvalue weighted by Crippen LogP contribution is -2.27. The maximum Gasteiger partial charge on any atom is 0.436 e. The Hall–Kier alpha value is -1.55. The molecular formula is C13H14BrClF3N5O. The molecule has 2 heterocycles. The van der Waals surface area contributed by atoms with E-state index in [2.05, 4.69) is 31.4 Å². The molecule has 11 heteroatoms. The van der Waals surface area contributed by atoms with Gasteiger partial charge >= 0.3 is 6.18 Å². The van der Waals surface area contributed by atoms with Gasteiger partial charge in [-0.1, -0.05) is 11.6 Å². The first-order valence-electron chi connectivity index (χ1n) is 6.88. The Morgan fingerprint density at radius 3 is 2.58 bits per heavy atom. The Morgan fingerprint density at radius 2 is 2.08 bits per heavy atom. The highest BCUT2D eigenvalue weighted by atomic mass is 79.9. The molecule has 0 saturated carbocycles. The van der Waals surface area contributed by atoms with Gasteiger partial charge in [0, 0.05) is 26.3 Å². The third-order valence-electron chi connectivity index (χ3n) is 3.21. The molecule has 1 N–H and O–H groups in total. The summed E-state index contributed by atoms with van der Waals surface area (Å²) in [5.41, 5.74) is -0.740. The molecule has 6 nitrogen and oxygen atoms in total. The molecule has 0 radical (unpaired) electrons. The molecule has 0 saturated heterocycles. The lowest BCUT2D eigenvalue weighted by molar-refractivity contribution is -0.141. The summed E-state index contributed by atoms with van der Waals surface area (Å²) >= 11 is 9.00. The second-order valence-corrected chi connectivity index (χ2v) is 6.30. The molecule has 0 fully saturated rings. The van der Waals surface area contributed by atoms with Crippen molar-refractivity contribution in [2.75, 3.05) is 6.54 Å². The quantitative estimate of drug-likeness (QED) is 0.744. The van der Waals surface area contributed by atoms with Crippen molar-refractivity contribution in [2.24, 2.45) is 7.05 Å². The van der Waals surface area contributed by atoms with E-state index in [1.807, 2.05) is 13.1 Å². The van der Waals surface area contributed by atoms with Crippen molar-refractivity contribution >= 4 is 33.4 Å². The summed E-state index contributed by atoms with van der Waals surface area (Å²) in [6.07, 6.45) is -2.34. The van der Waals surface area contributed by atoms with Crippen molar-refractivity contribution in [1.82, 2.24) is 24.9 Å². The summed E-state index contributed by atoms with van der Waals surface area (Å²) in [6.45, 7) is 2.67. The van der Waals surface area contributed by atoms with Crippen LogP contribution in [0.3, 0.4) is 0 Å². The van der Waals surface area contributed by atoms with Crippen molar-refractivity contribution in [3.63, 3.8) is 0 Å². The lowest BCUT2D eigenvalue weighted by Gasteiger charge is -2.06. The van der Waals surface area contributed by atoms with Crippen LogP contribution in [0.1, 0.15) is 28.3 Å². The maximum atomic E-state index is 12.7. The van der Waals surface area contributed by atoms with Gasteiger partial charge in [0.05, 0.1) is 10.2 Å². The Balaban J connectivity index is 1.94. The van der Waals surface area contributed by atoms with Crippen LogP contribution in [0.4, 0.5) is 13.2 Å². The molecular weight excluding hydrogens is 415 g/mol. The molecule has 2 rings (SSSR count). The van der Waals surface area contributed by atoms with Gasteiger partial charge < -0.3 is 5.32 Å². The van der Waals surface area contributed by atoms with Crippen LogP contribution in [0.15, 0.2) is 10.7 Å². The molecule has 0 aromatic carbocycles. The second-order valence-electron chi connectivity index (χ2n) is 5.07. The average molecular weight is 429 g/mol. The molecule has 2 aromatic heterocycles. The second kappa shape index (κ2) is 7.14. The molecule has 0 atom stereocenters. The largest absolute Gasteiger partial charge is 0.436 e. The fourth-order valence-corrected chi connectivity index (χ4v) is 2.73. The number of halogens is 5. The summed E-state index contributed by atoms with van der Waals surface area (Å²) in [6, 6.07) is 0. The number of hydrogen-bond acceptors (Lipinski definition) is 3. The predicted molar refractivity (Wildman–Crippen MR) is 84.8 cm³/mol. The predicted octanol–water partition coefficient (Wildman–Crippen LogP) is 3.18. The zero-order chi connectivity index (χ0) is 18.1. The van der Waals surface area contributed by atoms with E-state index in [-0.39, 0.29) is 12.2 Å². The first-order chi connectivity index (χ1) is 11.1. The normalized spacial score (nSPS) is 11.8. The fraction of sp³-hybridized carbons (Fsp3) is 0.462. The highest BCUT2D eigenvalue weighted by molar-refractivity contribution is 9.10. The first kappa shape index (κ1) is 18.8. The van der Waals surface area contributed by atoms with Crippen molar-refractivity contribution in [3.05, 3.63) is 32.8 Å². The standard InChI is InChI=1S/C13H14BrClF3N5O/c1-7-8(14)6-23(20-7)5-3-4-19-12(24)10-9(15)11(13(16,17)18)21-22(10)2/h6H,3-5H2,1-2H3,(H,19,24). The third kappa shape index (κ3) is 4.10. The van der Waals surface area contributed by atoms with Crippen LogP contribution in [0, 0.1) is 6.92 Å². The number of aryl methyl sites for hydroxylation is 3. The Labute approximate surface area is 149 Å². The summed E-state index contributed by atoms with van der Waals surface area (Å²) < 4.78 is 41.6. The van der Waals surface area contributed by atoms with Crippen LogP contribution in [-0.2, 0) is 19.8 Å². The van der Waals surface area contributed by atoms with Crippen molar-refractivity contribution in [3.8, 4) is 0 Å². The third-order valence-corrected chi connectivity index (χ3v) is 4.35. The minimum absolute atomic E-state index is 0.262. The molecule has 132 valence electrons. The number of nitrogens with zero attached hydrogens (tertiary/aromatic N) is 4. The highest BCUT2D eigenvalue weighted by Gasteiger charge is 2.39. The van der Waals surface area contributed by atoms with E-state index < -0.39 is 22.8 Å². The van der Waals surface area contributed by atoms with E-state index in [4.69, 9.17) is 11.6 Å². The maximum absolute atomic E-state index is 12.7. The van der Waals surface area contributed by atoms with Gasteiger partial charge in [0.2, 0.25) is 0 Å². The van der Waals surface area contributed by atoms with Gasteiger partial charge in [-0.2, -0.15) is 23.4 Å². The van der Waals surface area contributed by atoms with Gasteiger partial charge in [-0.15, -0.1) is 0 Å². The summed E-state index contributed by atoms with van der Waals surface area (Å²) in [5.74, 6) is -0.705. The van der Waals surface area contributed by atoms with Gasteiger partial charge in [0.1, 0.15) is 10.7 Å². The number of amides is 1. The van der Waals surface area contributed by atoms with Crippen LogP contribution < -0.4 is 5.32 Å². The molecule has 1 amide bonds. The van der Waals surface area contributed by atoms with Gasteiger partial charge in [-0.05, 0) is 29.3 Å². The number of carbonyl (C=O) groups is 1. The van der Waals surface area contributed by atoms with Gasteiger partial charge in [0.15, 0.2) is 5.69 Å². The van der Waals surface area contributed by atoms with E-state index in [9.17, 15) is 18.0 Å². The SMILES string of the molecule is Cc1nn(CCCNC(=O)c2c(Cl)c(C(F)(F)F)nn2C)cc1Br. The minimum Gasteiger partial charge on any atom is -0.351 e. The van der Waals surface area contributed by atoms with Crippen molar-refractivity contribution in [1.29, 1.82) is 0 Å². The number of rotatable bonds is 5. The monoisotopic (exact) mass is 427 g/mol. The van der Waals surface area contributed by atoms with E-state index >= 15 is 0 Å². The number of alkyl halides is 3. The number of carbonyl (C=O) groups excluding carboxylic acids is 1. The van der Waals surface area contributed by atoms with E-state index in [1.54, 1.807) is 4.68 Å². The zero-order valence-corrected chi connectivity index (χ0v) is 15.1. The molecule has 0 unspecified atom stereocenters. The molecule has 0 aliphatic rings. The van der Waals surface area contributed by atoms with Crippen LogP contribution >= 0.6 is 27.5 Å². The molecule has 2 aromatic rings. The Kier molecular flexibility index (Phi) is 5.59. The first-order valence-corrected chi connectivity index (χ1v) is 8.05. The average Bonchev–Trinajstić information content (AvgIpc) is 2.94. The van der Waals surface area contributed by atoms with Crippen LogP contribution in [-0.4, -0.2) is 32.0 Å². The molecule has 0 aliphatic carbocycles. The number of nitrogens with one attached hydrogen (secondary N) is 1. The summed E-state index contributed by atoms with van der Waals surface area (Å²) in [4.78, 5) is 12.0. The number of hydrogen-bond donors (Lipinski definition) is 1. The highest BCUT2D eigenvalue weighted by Crippen LogP contribution is 2.35. The zero-order valence-electron chi connectivity index (χ0n) is 12.8. The van der Waals surface area contributed by atoms with Gasteiger partial charge in [0.25, 0.3) is 5.91 Å². The van der Waals surface area contributed by atoms with Crippen LogP contribution in [0.2, 0.25) is 5.02 Å². The van der Waals surface area contributed by atoms with E-state index in [0.29, 0.717) is 13.0 Å². The lowest BCUT2D eigenvalue weighted by atomic mass is 10.3. The van der Waals surface area contributed by atoms with E-state index in [0.717, 1.165) is 14.8 Å². The van der Waals surface area contributed by atoms with Crippen molar-refractivity contribution < 1.29 is 18.0 Å². The van der Waals surface area contributed by atoms with E-state index in [1.165, 1.54) is 7.05 Å². The van der Waals surface area contributed by atoms with Crippen molar-refractivity contribution in [2.45, 2.75) is 26.1 Å².